The molecule has 166 valence electrons. The van der Waals surface area contributed by atoms with Crippen LogP contribution in [0, 0.1) is 5.92 Å². The van der Waals surface area contributed by atoms with Crippen LogP contribution in [0.5, 0.6) is 5.75 Å². The Morgan fingerprint density at radius 2 is 1.74 bits per heavy atom. The van der Waals surface area contributed by atoms with E-state index in [9.17, 15) is 9.59 Å². The van der Waals surface area contributed by atoms with Crippen molar-refractivity contribution in [2.24, 2.45) is 5.92 Å². The lowest BCUT2D eigenvalue weighted by atomic mass is 10.0. The maximum Gasteiger partial charge on any atom is 0.408 e. The molecule has 0 saturated heterocycles. The van der Waals surface area contributed by atoms with E-state index in [0.717, 1.165) is 29.7 Å². The predicted octanol–water partition coefficient (Wildman–Crippen LogP) is 4.65. The van der Waals surface area contributed by atoms with Crippen LogP contribution in [0.4, 0.5) is 4.79 Å². The molecule has 2 aromatic rings. The number of hydrogen-bond donors (Lipinski definition) is 1. The first kappa shape index (κ1) is 22.7. The van der Waals surface area contributed by atoms with Crippen molar-refractivity contribution >= 4 is 12.1 Å². The Balaban J connectivity index is 1.55. The molecule has 2 aromatic carbocycles. The molecular formula is C25H31NO5. The van der Waals surface area contributed by atoms with Crippen LogP contribution in [0.2, 0.25) is 0 Å². The smallest absolute Gasteiger partial charge is 0.408 e. The van der Waals surface area contributed by atoms with E-state index in [4.69, 9.17) is 14.2 Å². The Morgan fingerprint density at radius 1 is 1.03 bits per heavy atom. The van der Waals surface area contributed by atoms with E-state index in [1.807, 2.05) is 68.4 Å². The number of benzene rings is 2. The third-order valence-corrected chi connectivity index (χ3v) is 5.27. The van der Waals surface area contributed by atoms with Crippen molar-refractivity contribution in [1.82, 2.24) is 5.32 Å². The highest BCUT2D eigenvalue weighted by molar-refractivity contribution is 5.81. The Kier molecular flexibility index (Phi) is 7.55. The van der Waals surface area contributed by atoms with Crippen molar-refractivity contribution in [3.05, 3.63) is 65.7 Å². The molecule has 1 aliphatic rings. The summed E-state index contributed by atoms with van der Waals surface area (Å²) < 4.78 is 16.4. The van der Waals surface area contributed by atoms with Gasteiger partial charge in [-0.05, 0) is 48.4 Å². The van der Waals surface area contributed by atoms with E-state index < -0.39 is 23.7 Å². The van der Waals surface area contributed by atoms with Crippen LogP contribution in [-0.2, 0) is 27.3 Å². The van der Waals surface area contributed by atoms with Crippen LogP contribution in [0.25, 0.3) is 0 Å². The molecule has 0 aromatic heterocycles. The molecule has 3 rings (SSSR count). The van der Waals surface area contributed by atoms with Gasteiger partial charge in [-0.1, -0.05) is 56.3 Å². The summed E-state index contributed by atoms with van der Waals surface area (Å²) in [4.78, 5) is 24.4. The van der Waals surface area contributed by atoms with Crippen molar-refractivity contribution in [2.75, 3.05) is 7.11 Å². The van der Waals surface area contributed by atoms with Crippen LogP contribution in [-0.4, -0.2) is 30.8 Å². The number of alkyl carbamates (subject to hydrolysis) is 1. The van der Waals surface area contributed by atoms with Gasteiger partial charge in [-0.15, -0.1) is 0 Å². The zero-order valence-corrected chi connectivity index (χ0v) is 18.4. The Hall–Kier alpha value is -3.02. The molecule has 31 heavy (non-hydrogen) atoms. The van der Waals surface area contributed by atoms with E-state index in [-0.39, 0.29) is 5.92 Å². The first-order valence-corrected chi connectivity index (χ1v) is 10.7. The molecule has 1 amide bonds. The van der Waals surface area contributed by atoms with Gasteiger partial charge in [0.15, 0.2) is 0 Å². The van der Waals surface area contributed by atoms with Gasteiger partial charge in [0.2, 0.25) is 0 Å². The Morgan fingerprint density at radius 3 is 2.39 bits per heavy atom. The maximum absolute atomic E-state index is 12.5. The molecule has 1 saturated carbocycles. The third-order valence-electron chi connectivity index (χ3n) is 5.27. The van der Waals surface area contributed by atoms with E-state index in [1.54, 1.807) is 0 Å². The minimum atomic E-state index is -0.706. The number of rotatable bonds is 10. The topological polar surface area (TPSA) is 73.9 Å². The normalized spacial score (nSPS) is 15.1. The second-order valence-corrected chi connectivity index (χ2v) is 8.52. The fourth-order valence-corrected chi connectivity index (χ4v) is 3.51. The summed E-state index contributed by atoms with van der Waals surface area (Å²) in [6, 6.07) is 17.2. The van der Waals surface area contributed by atoms with Gasteiger partial charge in [0, 0.05) is 6.42 Å². The SMILES string of the molecule is COC(=O)C(CC(C)C)NC(=O)OC1(Cc2cccc(OCc3ccccc3)c2)CC1. The number of carbonyl (C=O) groups excluding carboxylic acids is 2. The summed E-state index contributed by atoms with van der Waals surface area (Å²) in [6.45, 7) is 4.47. The lowest BCUT2D eigenvalue weighted by Crippen LogP contribution is -2.44. The molecule has 6 nitrogen and oxygen atoms in total. The highest BCUT2D eigenvalue weighted by Crippen LogP contribution is 2.43. The van der Waals surface area contributed by atoms with Crippen molar-refractivity contribution in [3.8, 4) is 5.75 Å². The van der Waals surface area contributed by atoms with Crippen LogP contribution < -0.4 is 10.1 Å². The quantitative estimate of drug-likeness (QED) is 0.561. The van der Waals surface area contributed by atoms with Crippen LogP contribution in [0.15, 0.2) is 54.6 Å². The Bertz CT molecular complexity index is 876. The molecule has 1 N–H and O–H groups in total. The average Bonchev–Trinajstić information content (AvgIpc) is 3.50. The number of methoxy groups -OCH3 is 1. The summed E-state index contributed by atoms with van der Waals surface area (Å²) in [5, 5.41) is 2.67. The standard InChI is InChI=1S/C25H31NO5/c1-18(2)14-22(23(27)29-3)26-24(28)31-25(12-13-25)16-20-10-7-11-21(15-20)30-17-19-8-5-4-6-9-19/h4-11,15,18,22H,12-14,16-17H2,1-3H3,(H,26,28). The van der Waals surface area contributed by atoms with Crippen molar-refractivity contribution in [1.29, 1.82) is 0 Å². The fraction of sp³-hybridized carbons (Fsp3) is 0.440. The number of hydrogen-bond acceptors (Lipinski definition) is 5. The van der Waals surface area contributed by atoms with Gasteiger partial charge in [-0.2, -0.15) is 0 Å². The molecule has 0 heterocycles. The van der Waals surface area contributed by atoms with Gasteiger partial charge < -0.3 is 19.5 Å². The molecule has 1 fully saturated rings. The summed E-state index contributed by atoms with van der Waals surface area (Å²) in [5.74, 6) is 0.556. The lowest BCUT2D eigenvalue weighted by molar-refractivity contribution is -0.143. The van der Waals surface area contributed by atoms with Crippen molar-refractivity contribution in [3.63, 3.8) is 0 Å². The second-order valence-electron chi connectivity index (χ2n) is 8.52. The van der Waals surface area contributed by atoms with Crippen molar-refractivity contribution in [2.45, 2.75) is 57.8 Å². The number of carbonyl (C=O) groups is 2. The fourth-order valence-electron chi connectivity index (χ4n) is 3.51. The lowest BCUT2D eigenvalue weighted by Gasteiger charge is -2.21. The molecule has 6 heteroatoms. The van der Waals surface area contributed by atoms with Gasteiger partial charge in [0.05, 0.1) is 7.11 Å². The van der Waals surface area contributed by atoms with Crippen molar-refractivity contribution < 1.29 is 23.8 Å². The van der Waals surface area contributed by atoms with Crippen LogP contribution in [0.3, 0.4) is 0 Å². The van der Waals surface area contributed by atoms with Gasteiger partial charge in [0.25, 0.3) is 0 Å². The molecule has 0 spiro atoms. The van der Waals surface area contributed by atoms with Gasteiger partial charge >= 0.3 is 12.1 Å². The van der Waals surface area contributed by atoms with Crippen LogP contribution in [0.1, 0.15) is 44.2 Å². The van der Waals surface area contributed by atoms with E-state index in [1.165, 1.54) is 7.11 Å². The highest BCUT2D eigenvalue weighted by Gasteiger charge is 2.47. The summed E-state index contributed by atoms with van der Waals surface area (Å²) >= 11 is 0. The molecule has 0 aliphatic heterocycles. The number of nitrogens with one attached hydrogen (secondary N) is 1. The second kappa shape index (κ2) is 10.3. The maximum atomic E-state index is 12.5. The Labute approximate surface area is 183 Å². The molecule has 1 unspecified atom stereocenters. The number of esters is 1. The average molecular weight is 426 g/mol. The summed E-state index contributed by atoms with van der Waals surface area (Å²) in [5.41, 5.74) is 1.62. The van der Waals surface area contributed by atoms with Crippen LogP contribution >= 0.6 is 0 Å². The third kappa shape index (κ3) is 7.02. The first-order valence-electron chi connectivity index (χ1n) is 10.7. The molecule has 0 radical (unpaired) electrons. The largest absolute Gasteiger partial charge is 0.489 e. The van der Waals surface area contributed by atoms with E-state index in [2.05, 4.69) is 5.32 Å². The van der Waals surface area contributed by atoms with E-state index in [0.29, 0.717) is 19.4 Å². The predicted molar refractivity (Wildman–Crippen MR) is 118 cm³/mol. The molecular weight excluding hydrogens is 394 g/mol. The molecule has 1 aliphatic carbocycles. The summed E-state index contributed by atoms with van der Waals surface area (Å²) in [7, 11) is 1.32. The minimum absolute atomic E-state index is 0.234. The summed E-state index contributed by atoms with van der Waals surface area (Å²) in [6.07, 6.45) is 2.11. The number of amides is 1. The first-order chi connectivity index (χ1) is 14.9. The van der Waals surface area contributed by atoms with Gasteiger partial charge in [-0.3, -0.25) is 0 Å². The van der Waals surface area contributed by atoms with Gasteiger partial charge in [-0.25, -0.2) is 9.59 Å². The van der Waals surface area contributed by atoms with E-state index >= 15 is 0 Å². The minimum Gasteiger partial charge on any atom is -0.489 e. The zero-order chi connectivity index (χ0) is 22.3. The zero-order valence-electron chi connectivity index (χ0n) is 18.4. The van der Waals surface area contributed by atoms with Gasteiger partial charge in [0.1, 0.15) is 24.0 Å². The highest BCUT2D eigenvalue weighted by atomic mass is 16.6. The number of ether oxygens (including phenoxy) is 3. The monoisotopic (exact) mass is 425 g/mol. The molecule has 1 atom stereocenters. The molecule has 0 bridgehead atoms.